The molecule has 1 saturated carbocycles. The molecule has 1 heterocycles. The lowest BCUT2D eigenvalue weighted by molar-refractivity contribution is 0.0739. The zero-order valence-corrected chi connectivity index (χ0v) is 26.2. The van der Waals surface area contributed by atoms with Crippen LogP contribution in [0.15, 0.2) is 121 Å². The summed E-state index contributed by atoms with van der Waals surface area (Å²) < 4.78 is 0. The van der Waals surface area contributed by atoms with Gasteiger partial charge < -0.3 is 10.0 Å². The molecule has 0 spiro atoms. The standard InChI is InChI=1S/C39H33ClN2O4/c1-42(30-17-15-29(40)16-18-30)31-19-21-34(41-25-31)35(43)27-14-20-32(33(24-27)37(45)36(44)26-10-4-2-5-11-26)38(46)39(22-8-9-23-39)28-12-6-3-7-13-28/h2-7,10-21,24-25,36,44H,8-9,22-23H2,1H3. The molecule has 5 aromatic rings. The van der Waals surface area contributed by atoms with E-state index in [0.717, 1.165) is 29.8 Å². The Labute approximate surface area is 273 Å². The van der Waals surface area contributed by atoms with Crippen LogP contribution in [0.1, 0.15) is 79.7 Å². The van der Waals surface area contributed by atoms with Crippen LogP contribution in [0.5, 0.6) is 0 Å². The van der Waals surface area contributed by atoms with Gasteiger partial charge in [0, 0.05) is 34.4 Å². The number of nitrogens with zero attached hydrogens (tertiary/aromatic N) is 2. The number of benzene rings is 4. The summed E-state index contributed by atoms with van der Waals surface area (Å²) in [5.41, 5.74) is 2.82. The molecule has 1 unspecified atom stereocenters. The number of carbonyl (C=O) groups excluding carboxylic acids is 3. The quantitative estimate of drug-likeness (QED) is 0.156. The number of anilines is 2. The van der Waals surface area contributed by atoms with E-state index in [9.17, 15) is 19.5 Å². The van der Waals surface area contributed by atoms with Crippen molar-refractivity contribution in [2.24, 2.45) is 0 Å². The molecule has 4 aromatic carbocycles. The van der Waals surface area contributed by atoms with Gasteiger partial charge in [0.15, 0.2) is 11.6 Å². The lowest BCUT2D eigenvalue weighted by atomic mass is 9.72. The molecular formula is C39H33ClN2O4. The summed E-state index contributed by atoms with van der Waals surface area (Å²) in [5.74, 6) is -1.22. The Balaban J connectivity index is 1.37. The molecule has 6 rings (SSSR count). The summed E-state index contributed by atoms with van der Waals surface area (Å²) in [7, 11) is 1.89. The highest BCUT2D eigenvalue weighted by atomic mass is 35.5. The molecule has 230 valence electrons. The van der Waals surface area contributed by atoms with Crippen LogP contribution in [-0.4, -0.2) is 34.5 Å². The summed E-state index contributed by atoms with van der Waals surface area (Å²) in [5, 5.41) is 11.8. The molecule has 0 radical (unpaired) electrons. The highest BCUT2D eigenvalue weighted by Crippen LogP contribution is 2.44. The van der Waals surface area contributed by atoms with Gasteiger partial charge in [0.1, 0.15) is 11.8 Å². The van der Waals surface area contributed by atoms with E-state index in [1.54, 1.807) is 72.9 Å². The molecule has 7 heteroatoms. The molecule has 1 N–H and O–H groups in total. The average molecular weight is 629 g/mol. The Bertz CT molecular complexity index is 1870. The number of hydrogen-bond acceptors (Lipinski definition) is 6. The van der Waals surface area contributed by atoms with Crippen LogP contribution in [0, 0.1) is 0 Å². The average Bonchev–Trinajstić information content (AvgIpc) is 3.62. The van der Waals surface area contributed by atoms with Crippen molar-refractivity contribution in [3.05, 3.63) is 160 Å². The maximum atomic E-state index is 14.5. The SMILES string of the molecule is CN(c1ccc(Cl)cc1)c1ccc(C(=O)c2ccc(C(=O)C3(c4ccccc4)CCCC3)c(C(=O)C(O)c3ccccc3)c2)nc1. The van der Waals surface area contributed by atoms with Crippen LogP contribution in [-0.2, 0) is 5.41 Å². The lowest BCUT2D eigenvalue weighted by Crippen LogP contribution is -2.34. The maximum absolute atomic E-state index is 14.5. The van der Waals surface area contributed by atoms with Gasteiger partial charge in [-0.05, 0) is 72.5 Å². The van der Waals surface area contributed by atoms with Crippen molar-refractivity contribution < 1.29 is 19.5 Å². The zero-order chi connectivity index (χ0) is 32.3. The number of pyridine rings is 1. The van der Waals surface area contributed by atoms with Gasteiger partial charge in [0.25, 0.3) is 0 Å². The van der Waals surface area contributed by atoms with E-state index in [2.05, 4.69) is 4.98 Å². The highest BCUT2D eigenvalue weighted by Gasteiger charge is 2.44. The molecule has 0 saturated heterocycles. The fraction of sp³-hybridized carbons (Fsp3) is 0.179. The van der Waals surface area contributed by atoms with Gasteiger partial charge in [-0.15, -0.1) is 0 Å². The lowest BCUT2D eigenvalue weighted by Gasteiger charge is -2.29. The van der Waals surface area contributed by atoms with E-state index in [1.807, 2.05) is 54.4 Å². The van der Waals surface area contributed by atoms with Crippen molar-refractivity contribution >= 4 is 40.3 Å². The molecule has 6 nitrogen and oxygen atoms in total. The minimum Gasteiger partial charge on any atom is -0.380 e. The first-order valence-electron chi connectivity index (χ1n) is 15.3. The number of hydrogen-bond donors (Lipinski definition) is 1. The topological polar surface area (TPSA) is 87.6 Å². The van der Waals surface area contributed by atoms with Crippen molar-refractivity contribution in [2.75, 3.05) is 11.9 Å². The Hall–Kier alpha value is -4.91. The van der Waals surface area contributed by atoms with Crippen molar-refractivity contribution in [2.45, 2.75) is 37.2 Å². The fourth-order valence-electron chi connectivity index (χ4n) is 6.34. The van der Waals surface area contributed by atoms with E-state index >= 15 is 0 Å². The number of carbonyl (C=O) groups is 3. The summed E-state index contributed by atoms with van der Waals surface area (Å²) in [4.78, 5) is 48.5. The normalized spacial score (nSPS) is 14.4. The second-order valence-electron chi connectivity index (χ2n) is 11.7. The van der Waals surface area contributed by atoms with Crippen LogP contribution in [0.3, 0.4) is 0 Å². The minimum atomic E-state index is -1.50. The third-order valence-electron chi connectivity index (χ3n) is 8.96. The number of aliphatic hydroxyl groups excluding tert-OH is 1. The van der Waals surface area contributed by atoms with E-state index in [1.165, 1.54) is 6.07 Å². The molecule has 0 bridgehead atoms. The minimum absolute atomic E-state index is 0.0218. The highest BCUT2D eigenvalue weighted by molar-refractivity contribution is 6.30. The molecule has 1 aromatic heterocycles. The van der Waals surface area contributed by atoms with Crippen molar-refractivity contribution in [3.63, 3.8) is 0 Å². The van der Waals surface area contributed by atoms with Crippen LogP contribution in [0.25, 0.3) is 0 Å². The van der Waals surface area contributed by atoms with Crippen molar-refractivity contribution in [1.29, 1.82) is 0 Å². The van der Waals surface area contributed by atoms with Gasteiger partial charge in [-0.25, -0.2) is 0 Å². The number of aromatic nitrogens is 1. The Morgan fingerprint density at radius 3 is 2.04 bits per heavy atom. The summed E-state index contributed by atoms with van der Waals surface area (Å²) in [6.07, 6.45) is 3.20. The van der Waals surface area contributed by atoms with Crippen LogP contribution >= 0.6 is 11.6 Å². The van der Waals surface area contributed by atoms with Crippen molar-refractivity contribution in [3.8, 4) is 0 Å². The summed E-state index contributed by atoms with van der Waals surface area (Å²) >= 11 is 6.03. The van der Waals surface area contributed by atoms with Gasteiger partial charge in [-0.1, -0.05) is 91.2 Å². The monoisotopic (exact) mass is 628 g/mol. The second-order valence-corrected chi connectivity index (χ2v) is 12.1. The number of halogens is 1. The van der Waals surface area contributed by atoms with E-state index in [-0.39, 0.29) is 28.2 Å². The predicted molar refractivity (Wildman–Crippen MR) is 180 cm³/mol. The number of Topliss-reactive ketones (excluding diaryl/α,β-unsaturated/α-hetero) is 2. The van der Waals surface area contributed by atoms with E-state index in [0.29, 0.717) is 23.4 Å². The molecule has 1 fully saturated rings. The maximum Gasteiger partial charge on any atom is 0.211 e. The van der Waals surface area contributed by atoms with Crippen LogP contribution < -0.4 is 4.90 Å². The number of rotatable bonds is 10. The molecule has 1 atom stereocenters. The third-order valence-corrected chi connectivity index (χ3v) is 9.21. The Morgan fingerprint density at radius 1 is 0.783 bits per heavy atom. The first-order valence-corrected chi connectivity index (χ1v) is 15.7. The Kier molecular flexibility index (Phi) is 8.93. The van der Waals surface area contributed by atoms with E-state index < -0.39 is 23.1 Å². The third kappa shape index (κ3) is 6.02. The molecule has 1 aliphatic rings. The van der Waals surface area contributed by atoms with E-state index in [4.69, 9.17) is 11.6 Å². The largest absolute Gasteiger partial charge is 0.380 e. The fourth-order valence-corrected chi connectivity index (χ4v) is 6.47. The number of ketones is 3. The molecule has 0 aliphatic heterocycles. The van der Waals surface area contributed by atoms with Crippen LogP contribution in [0.2, 0.25) is 5.02 Å². The van der Waals surface area contributed by atoms with Gasteiger partial charge in [-0.2, -0.15) is 0 Å². The van der Waals surface area contributed by atoms with Gasteiger partial charge in [0.05, 0.1) is 17.3 Å². The first kappa shape index (κ1) is 31.1. The van der Waals surface area contributed by atoms with Gasteiger partial charge in [0.2, 0.25) is 5.78 Å². The van der Waals surface area contributed by atoms with Crippen molar-refractivity contribution in [1.82, 2.24) is 4.98 Å². The van der Waals surface area contributed by atoms with Gasteiger partial charge in [-0.3, -0.25) is 19.4 Å². The predicted octanol–water partition coefficient (Wildman–Crippen LogP) is 8.34. The molecule has 0 amide bonds. The summed E-state index contributed by atoms with van der Waals surface area (Å²) in [6, 6.07) is 33.6. The molecular weight excluding hydrogens is 596 g/mol. The Morgan fingerprint density at radius 2 is 1.41 bits per heavy atom. The first-order chi connectivity index (χ1) is 22.3. The molecule has 1 aliphatic carbocycles. The second kappa shape index (κ2) is 13.2. The van der Waals surface area contributed by atoms with Crippen LogP contribution in [0.4, 0.5) is 11.4 Å². The number of aliphatic hydroxyl groups is 1. The van der Waals surface area contributed by atoms with Gasteiger partial charge >= 0.3 is 0 Å². The summed E-state index contributed by atoms with van der Waals surface area (Å²) in [6.45, 7) is 0. The zero-order valence-electron chi connectivity index (χ0n) is 25.4. The molecule has 46 heavy (non-hydrogen) atoms. The smallest absolute Gasteiger partial charge is 0.211 e.